The molecule has 0 aliphatic carbocycles. The second-order valence-corrected chi connectivity index (χ2v) is 7.93. The molecule has 6 nitrogen and oxygen atoms in total. The first-order valence-electron chi connectivity index (χ1n) is 6.92. The molecule has 1 aliphatic heterocycles. The molecule has 1 aromatic heterocycles. The molecule has 1 atom stereocenters. The first kappa shape index (κ1) is 15.5. The number of hydrogen-bond acceptors (Lipinski definition) is 4. The minimum Gasteiger partial charge on any atom is -0.333 e. The van der Waals surface area contributed by atoms with Gasteiger partial charge in [-0.15, -0.1) is 0 Å². The van der Waals surface area contributed by atoms with E-state index in [0.717, 1.165) is 18.9 Å². The summed E-state index contributed by atoms with van der Waals surface area (Å²) in [6.45, 7) is 6.91. The normalized spacial score (nSPS) is 21.2. The fraction of sp³-hybridized carbons (Fsp3) is 0.769. The third-order valence-corrected chi connectivity index (χ3v) is 5.15. The van der Waals surface area contributed by atoms with Gasteiger partial charge in [0.2, 0.25) is 10.0 Å². The summed E-state index contributed by atoms with van der Waals surface area (Å²) >= 11 is 0. The molecule has 0 radical (unpaired) electrons. The van der Waals surface area contributed by atoms with Gasteiger partial charge in [-0.1, -0.05) is 0 Å². The van der Waals surface area contributed by atoms with Crippen LogP contribution in [0.15, 0.2) is 12.4 Å². The van der Waals surface area contributed by atoms with Crippen LogP contribution in [0.5, 0.6) is 0 Å². The smallest absolute Gasteiger partial charge is 0.211 e. The lowest BCUT2D eigenvalue weighted by molar-refractivity contribution is 0.203. The summed E-state index contributed by atoms with van der Waals surface area (Å²) in [7, 11) is -1.12. The molecule has 20 heavy (non-hydrogen) atoms. The summed E-state index contributed by atoms with van der Waals surface area (Å²) in [6, 6.07) is 0.451. The van der Waals surface area contributed by atoms with Crippen molar-refractivity contribution in [2.75, 3.05) is 26.4 Å². The van der Waals surface area contributed by atoms with E-state index in [0.29, 0.717) is 19.1 Å². The Labute approximate surface area is 121 Å². The molecule has 2 rings (SSSR count). The van der Waals surface area contributed by atoms with E-state index in [4.69, 9.17) is 0 Å². The highest BCUT2D eigenvalue weighted by Crippen LogP contribution is 2.18. The van der Waals surface area contributed by atoms with Gasteiger partial charge in [0.25, 0.3) is 0 Å². The molecule has 0 N–H and O–H groups in total. The van der Waals surface area contributed by atoms with Gasteiger partial charge in [0.05, 0.1) is 12.8 Å². The minimum absolute atomic E-state index is 0.271. The predicted molar refractivity (Wildman–Crippen MR) is 78.7 cm³/mol. The molecule has 1 unspecified atom stereocenters. The highest BCUT2D eigenvalue weighted by Gasteiger charge is 2.28. The first-order valence-corrected chi connectivity index (χ1v) is 8.77. The Morgan fingerprint density at radius 2 is 2.15 bits per heavy atom. The third-order valence-electron chi connectivity index (χ3n) is 3.93. The monoisotopic (exact) mass is 300 g/mol. The van der Waals surface area contributed by atoms with Gasteiger partial charge in [-0.2, -0.15) is 4.31 Å². The highest BCUT2D eigenvalue weighted by atomic mass is 32.2. The zero-order valence-corrected chi connectivity index (χ0v) is 13.5. The quantitative estimate of drug-likeness (QED) is 0.818. The lowest BCUT2D eigenvalue weighted by atomic mass is 10.1. The van der Waals surface area contributed by atoms with Gasteiger partial charge < -0.3 is 9.47 Å². The van der Waals surface area contributed by atoms with Crippen molar-refractivity contribution in [3.05, 3.63) is 18.2 Å². The second kappa shape index (κ2) is 5.83. The van der Waals surface area contributed by atoms with Gasteiger partial charge in [-0.3, -0.25) is 0 Å². The second-order valence-electron chi connectivity index (χ2n) is 5.95. The number of fused-ring (bicyclic) bond motifs is 1. The number of aromatic nitrogens is 2. The first-order chi connectivity index (χ1) is 9.27. The molecular formula is C13H24N4O2S. The standard InChI is InChI=1S/C13H24N4O2S/c1-11(2)15(3)7-12-8-16-6-5-14-13(16)10-17(9-12)20(4,18)19/h5-6,11-12H,7-10H2,1-4H3. The largest absolute Gasteiger partial charge is 0.333 e. The maximum Gasteiger partial charge on any atom is 0.211 e. The van der Waals surface area contributed by atoms with E-state index in [1.807, 2.05) is 6.20 Å². The highest BCUT2D eigenvalue weighted by molar-refractivity contribution is 7.88. The minimum atomic E-state index is -3.20. The van der Waals surface area contributed by atoms with E-state index < -0.39 is 10.0 Å². The van der Waals surface area contributed by atoms with Crippen molar-refractivity contribution >= 4 is 10.0 Å². The van der Waals surface area contributed by atoms with Crippen LogP contribution in [0.4, 0.5) is 0 Å². The van der Waals surface area contributed by atoms with E-state index >= 15 is 0 Å². The Bertz CT molecular complexity index is 552. The van der Waals surface area contributed by atoms with Crippen molar-refractivity contribution in [2.24, 2.45) is 5.92 Å². The van der Waals surface area contributed by atoms with Crippen LogP contribution in [0.2, 0.25) is 0 Å². The average Bonchev–Trinajstić information content (AvgIpc) is 2.66. The number of imidazole rings is 1. The fourth-order valence-corrected chi connectivity index (χ4v) is 3.32. The van der Waals surface area contributed by atoms with E-state index in [1.165, 1.54) is 10.6 Å². The summed E-state index contributed by atoms with van der Waals surface area (Å²) in [5.74, 6) is 1.10. The zero-order chi connectivity index (χ0) is 14.9. The Morgan fingerprint density at radius 1 is 1.45 bits per heavy atom. The van der Waals surface area contributed by atoms with E-state index in [1.54, 1.807) is 6.20 Å². The maximum atomic E-state index is 11.9. The summed E-state index contributed by atoms with van der Waals surface area (Å²) in [5.41, 5.74) is 0. The number of hydrogen-bond donors (Lipinski definition) is 0. The maximum absolute atomic E-state index is 11.9. The van der Waals surface area contributed by atoms with Crippen LogP contribution in [-0.2, 0) is 23.1 Å². The Balaban J connectivity index is 2.21. The number of rotatable bonds is 4. The van der Waals surface area contributed by atoms with Crippen molar-refractivity contribution in [2.45, 2.75) is 33.0 Å². The van der Waals surface area contributed by atoms with Crippen LogP contribution in [-0.4, -0.2) is 59.6 Å². The van der Waals surface area contributed by atoms with Crippen molar-refractivity contribution in [1.82, 2.24) is 18.8 Å². The Morgan fingerprint density at radius 3 is 2.75 bits per heavy atom. The van der Waals surface area contributed by atoms with Crippen molar-refractivity contribution in [1.29, 1.82) is 0 Å². The molecule has 1 aromatic rings. The van der Waals surface area contributed by atoms with Gasteiger partial charge in [0.1, 0.15) is 5.82 Å². The van der Waals surface area contributed by atoms with Gasteiger partial charge >= 0.3 is 0 Å². The molecular weight excluding hydrogens is 276 g/mol. The van der Waals surface area contributed by atoms with Crippen molar-refractivity contribution < 1.29 is 8.42 Å². The zero-order valence-electron chi connectivity index (χ0n) is 12.7. The van der Waals surface area contributed by atoms with E-state index in [-0.39, 0.29) is 5.92 Å². The number of nitrogens with zero attached hydrogens (tertiary/aromatic N) is 4. The molecule has 0 saturated carbocycles. The van der Waals surface area contributed by atoms with E-state index in [2.05, 4.69) is 35.3 Å². The molecule has 0 fully saturated rings. The fourth-order valence-electron chi connectivity index (χ4n) is 2.49. The predicted octanol–water partition coefficient (Wildman–Crippen LogP) is 0.615. The van der Waals surface area contributed by atoms with Crippen LogP contribution in [0.3, 0.4) is 0 Å². The van der Waals surface area contributed by atoms with Gasteiger partial charge in [0.15, 0.2) is 0 Å². The van der Waals surface area contributed by atoms with Crippen LogP contribution >= 0.6 is 0 Å². The SMILES string of the molecule is CC(C)N(C)CC1CN(S(C)(=O)=O)Cc2nccn2C1. The molecule has 0 bridgehead atoms. The molecule has 7 heteroatoms. The van der Waals surface area contributed by atoms with E-state index in [9.17, 15) is 8.42 Å². The van der Waals surface area contributed by atoms with Crippen molar-refractivity contribution in [3.8, 4) is 0 Å². The molecule has 114 valence electrons. The number of sulfonamides is 1. The lowest BCUT2D eigenvalue weighted by Crippen LogP contribution is -2.39. The van der Waals surface area contributed by atoms with Crippen LogP contribution < -0.4 is 0 Å². The summed E-state index contributed by atoms with van der Waals surface area (Å²) < 4.78 is 27.4. The van der Waals surface area contributed by atoms with Crippen LogP contribution in [0, 0.1) is 5.92 Å². The van der Waals surface area contributed by atoms with Crippen LogP contribution in [0.25, 0.3) is 0 Å². The Hall–Kier alpha value is -0.920. The average molecular weight is 300 g/mol. The summed E-state index contributed by atoms with van der Waals surface area (Å²) in [5, 5.41) is 0. The summed E-state index contributed by atoms with van der Waals surface area (Å²) in [4.78, 5) is 6.53. The Kier molecular flexibility index (Phi) is 4.51. The molecule has 0 saturated heterocycles. The lowest BCUT2D eigenvalue weighted by Gasteiger charge is -2.28. The molecule has 0 amide bonds. The molecule has 2 heterocycles. The van der Waals surface area contributed by atoms with Crippen molar-refractivity contribution in [3.63, 3.8) is 0 Å². The summed E-state index contributed by atoms with van der Waals surface area (Å²) in [6.07, 6.45) is 4.95. The molecule has 0 aromatic carbocycles. The molecule has 0 spiro atoms. The van der Waals surface area contributed by atoms with Gasteiger partial charge in [-0.25, -0.2) is 13.4 Å². The topological polar surface area (TPSA) is 58.4 Å². The van der Waals surface area contributed by atoms with Crippen LogP contribution in [0.1, 0.15) is 19.7 Å². The molecule has 1 aliphatic rings. The van der Waals surface area contributed by atoms with Gasteiger partial charge in [-0.05, 0) is 20.9 Å². The van der Waals surface area contributed by atoms with Gasteiger partial charge in [0, 0.05) is 44.0 Å². The third kappa shape index (κ3) is 3.59.